The number of aromatic nitrogens is 2. The molecule has 102 valence electrons. The molecule has 0 aromatic carbocycles. The summed E-state index contributed by atoms with van der Waals surface area (Å²) in [7, 11) is 0. The van der Waals surface area contributed by atoms with Crippen LogP contribution in [0.4, 0.5) is 0 Å². The van der Waals surface area contributed by atoms with Crippen LogP contribution in [-0.4, -0.2) is 15.6 Å². The van der Waals surface area contributed by atoms with Gasteiger partial charge in [0.1, 0.15) is 0 Å². The van der Waals surface area contributed by atoms with Crippen molar-refractivity contribution in [1.29, 1.82) is 0 Å². The summed E-state index contributed by atoms with van der Waals surface area (Å²) in [6.45, 7) is 5.41. The first-order valence-electron chi connectivity index (χ1n) is 7.03. The molecule has 2 aromatic rings. The summed E-state index contributed by atoms with van der Waals surface area (Å²) in [5.41, 5.74) is 2.72. The predicted molar refractivity (Wildman–Crippen MR) is 79.6 cm³/mol. The van der Waals surface area contributed by atoms with Gasteiger partial charge in [0.2, 0.25) is 0 Å². The minimum Gasteiger partial charge on any atom is -0.328 e. The van der Waals surface area contributed by atoms with Gasteiger partial charge in [-0.2, -0.15) is 0 Å². The van der Waals surface area contributed by atoms with Crippen LogP contribution in [0, 0.1) is 6.92 Å². The lowest BCUT2D eigenvalue weighted by Gasteiger charge is -2.29. The lowest BCUT2D eigenvalue weighted by Crippen LogP contribution is -2.35. The fourth-order valence-corrected chi connectivity index (χ4v) is 3.75. The highest BCUT2D eigenvalue weighted by molar-refractivity contribution is 7.10. The Morgan fingerprint density at radius 3 is 3.11 bits per heavy atom. The van der Waals surface area contributed by atoms with E-state index in [9.17, 15) is 0 Å². The molecule has 4 heteroatoms. The zero-order valence-electron chi connectivity index (χ0n) is 11.6. The third-order valence-electron chi connectivity index (χ3n) is 4.00. The maximum absolute atomic E-state index is 4.36. The number of hydrogen-bond donors (Lipinski definition) is 1. The quantitative estimate of drug-likeness (QED) is 0.929. The number of imidazole rings is 1. The van der Waals surface area contributed by atoms with Gasteiger partial charge in [0.05, 0.1) is 18.6 Å². The normalized spacial score (nSPS) is 23.7. The molecule has 1 saturated heterocycles. The minimum absolute atomic E-state index is 0.464. The van der Waals surface area contributed by atoms with E-state index in [-0.39, 0.29) is 0 Å². The van der Waals surface area contributed by atoms with Gasteiger partial charge >= 0.3 is 0 Å². The van der Waals surface area contributed by atoms with Gasteiger partial charge in [-0.1, -0.05) is 0 Å². The lowest BCUT2D eigenvalue weighted by molar-refractivity contribution is 0.330. The Balaban J connectivity index is 1.80. The van der Waals surface area contributed by atoms with Gasteiger partial charge in [-0.05, 0) is 50.1 Å². The summed E-state index contributed by atoms with van der Waals surface area (Å²) in [6.07, 6.45) is 7.81. The molecule has 0 radical (unpaired) electrons. The monoisotopic (exact) mass is 275 g/mol. The van der Waals surface area contributed by atoms with Crippen molar-refractivity contribution in [2.75, 3.05) is 0 Å². The van der Waals surface area contributed by atoms with Crippen LogP contribution in [-0.2, 0) is 6.54 Å². The minimum atomic E-state index is 0.464. The Bertz CT molecular complexity index is 543. The SMILES string of the molecule is Cc1ccsc1Cn1cncc1C1CCCC(C)N1. The first-order chi connectivity index (χ1) is 9.24. The smallest absolute Gasteiger partial charge is 0.0952 e. The largest absolute Gasteiger partial charge is 0.328 e. The number of aryl methyl sites for hydroxylation is 1. The Hall–Kier alpha value is -1.13. The van der Waals surface area contributed by atoms with Crippen molar-refractivity contribution < 1.29 is 0 Å². The van der Waals surface area contributed by atoms with Crippen LogP contribution in [0.5, 0.6) is 0 Å². The predicted octanol–water partition coefficient (Wildman–Crippen LogP) is 3.50. The Morgan fingerprint density at radius 2 is 2.37 bits per heavy atom. The number of hydrogen-bond acceptors (Lipinski definition) is 3. The second-order valence-corrected chi connectivity index (χ2v) is 6.53. The molecule has 19 heavy (non-hydrogen) atoms. The van der Waals surface area contributed by atoms with E-state index in [0.717, 1.165) is 6.54 Å². The number of nitrogens with one attached hydrogen (secondary N) is 1. The first kappa shape index (κ1) is 12.9. The van der Waals surface area contributed by atoms with Crippen LogP contribution < -0.4 is 5.32 Å². The Morgan fingerprint density at radius 1 is 1.47 bits per heavy atom. The summed E-state index contributed by atoms with van der Waals surface area (Å²) in [5.74, 6) is 0. The van der Waals surface area contributed by atoms with Gasteiger partial charge in [0, 0.05) is 23.2 Å². The average molecular weight is 275 g/mol. The number of piperidine rings is 1. The van der Waals surface area contributed by atoms with Crippen LogP contribution in [0.1, 0.15) is 48.4 Å². The molecule has 1 N–H and O–H groups in total. The van der Waals surface area contributed by atoms with Crippen LogP contribution in [0.3, 0.4) is 0 Å². The molecular formula is C15H21N3S. The van der Waals surface area contributed by atoms with E-state index in [4.69, 9.17) is 0 Å². The van der Waals surface area contributed by atoms with Crippen LogP contribution in [0.25, 0.3) is 0 Å². The van der Waals surface area contributed by atoms with E-state index in [1.54, 1.807) is 0 Å². The third-order valence-corrected chi connectivity index (χ3v) is 5.01. The number of nitrogens with zero attached hydrogens (tertiary/aromatic N) is 2. The van der Waals surface area contributed by atoms with E-state index in [1.165, 1.54) is 35.4 Å². The molecule has 3 heterocycles. The summed E-state index contributed by atoms with van der Waals surface area (Å²) in [6, 6.07) is 3.27. The molecule has 1 fully saturated rings. The van der Waals surface area contributed by atoms with E-state index >= 15 is 0 Å². The molecule has 1 aliphatic rings. The average Bonchev–Trinajstić information content (AvgIpc) is 3.00. The molecule has 0 aliphatic carbocycles. The zero-order chi connectivity index (χ0) is 13.2. The first-order valence-corrected chi connectivity index (χ1v) is 7.91. The number of thiophene rings is 1. The molecule has 1 aliphatic heterocycles. The van der Waals surface area contributed by atoms with Crippen molar-refractivity contribution >= 4 is 11.3 Å². The van der Waals surface area contributed by atoms with Gasteiger partial charge in [-0.3, -0.25) is 0 Å². The van der Waals surface area contributed by atoms with Crippen molar-refractivity contribution in [3.05, 3.63) is 40.1 Å². The molecule has 3 rings (SSSR count). The maximum atomic E-state index is 4.36. The van der Waals surface area contributed by atoms with Crippen molar-refractivity contribution in [3.63, 3.8) is 0 Å². The summed E-state index contributed by atoms with van der Waals surface area (Å²) in [4.78, 5) is 5.79. The third kappa shape index (κ3) is 2.74. The van der Waals surface area contributed by atoms with Crippen LogP contribution in [0.15, 0.2) is 24.0 Å². The molecule has 0 amide bonds. The van der Waals surface area contributed by atoms with Gasteiger partial charge in [0.25, 0.3) is 0 Å². The van der Waals surface area contributed by atoms with Gasteiger partial charge in [-0.25, -0.2) is 4.98 Å². The Labute approximate surface area is 118 Å². The van der Waals surface area contributed by atoms with E-state index in [0.29, 0.717) is 12.1 Å². The standard InChI is InChI=1S/C15H21N3S/c1-11-6-7-19-15(11)9-18-10-16-8-14(18)13-5-3-4-12(2)17-13/h6-8,10,12-13,17H,3-5,9H2,1-2H3. The van der Waals surface area contributed by atoms with Crippen LogP contribution >= 0.6 is 11.3 Å². The summed E-state index contributed by atoms with van der Waals surface area (Å²) < 4.78 is 2.30. The van der Waals surface area contributed by atoms with E-state index in [1.807, 2.05) is 23.9 Å². The molecule has 0 spiro atoms. The van der Waals surface area contributed by atoms with Crippen molar-refractivity contribution in [3.8, 4) is 0 Å². The van der Waals surface area contributed by atoms with E-state index < -0.39 is 0 Å². The zero-order valence-corrected chi connectivity index (χ0v) is 12.4. The molecule has 2 aromatic heterocycles. The van der Waals surface area contributed by atoms with Gasteiger partial charge < -0.3 is 9.88 Å². The van der Waals surface area contributed by atoms with Crippen LogP contribution in [0.2, 0.25) is 0 Å². The second kappa shape index (κ2) is 5.47. The fraction of sp³-hybridized carbons (Fsp3) is 0.533. The molecule has 2 atom stereocenters. The second-order valence-electron chi connectivity index (χ2n) is 5.52. The topological polar surface area (TPSA) is 29.9 Å². The highest BCUT2D eigenvalue weighted by Gasteiger charge is 2.22. The summed E-state index contributed by atoms with van der Waals surface area (Å²) >= 11 is 1.83. The highest BCUT2D eigenvalue weighted by Crippen LogP contribution is 2.26. The molecule has 0 saturated carbocycles. The lowest BCUT2D eigenvalue weighted by atomic mass is 9.97. The van der Waals surface area contributed by atoms with Gasteiger partial charge in [0.15, 0.2) is 0 Å². The van der Waals surface area contributed by atoms with Gasteiger partial charge in [-0.15, -0.1) is 11.3 Å². The molecule has 2 unspecified atom stereocenters. The van der Waals surface area contributed by atoms with E-state index in [2.05, 4.69) is 40.2 Å². The molecule has 0 bridgehead atoms. The summed E-state index contributed by atoms with van der Waals surface area (Å²) in [5, 5.41) is 5.86. The van der Waals surface area contributed by atoms with Crippen molar-refractivity contribution in [2.24, 2.45) is 0 Å². The highest BCUT2D eigenvalue weighted by atomic mass is 32.1. The Kier molecular flexibility index (Phi) is 3.71. The maximum Gasteiger partial charge on any atom is 0.0952 e. The number of rotatable bonds is 3. The fourth-order valence-electron chi connectivity index (χ4n) is 2.85. The van der Waals surface area contributed by atoms with Crippen molar-refractivity contribution in [1.82, 2.24) is 14.9 Å². The molecular weight excluding hydrogens is 254 g/mol. The molecule has 3 nitrogen and oxygen atoms in total. The van der Waals surface area contributed by atoms with Crippen molar-refractivity contribution in [2.45, 2.75) is 51.7 Å².